The van der Waals surface area contributed by atoms with Gasteiger partial charge in [0.25, 0.3) is 0 Å². The fourth-order valence-electron chi connectivity index (χ4n) is 1.77. The van der Waals surface area contributed by atoms with Crippen molar-refractivity contribution < 1.29 is 5.11 Å². The zero-order valence-electron chi connectivity index (χ0n) is 9.55. The van der Waals surface area contributed by atoms with E-state index in [1.807, 2.05) is 31.3 Å². The van der Waals surface area contributed by atoms with Crippen molar-refractivity contribution in [2.45, 2.75) is 12.3 Å². The van der Waals surface area contributed by atoms with Crippen molar-refractivity contribution in [3.8, 4) is 0 Å². The molecule has 0 aliphatic heterocycles. The van der Waals surface area contributed by atoms with Crippen LogP contribution >= 0.6 is 15.9 Å². The summed E-state index contributed by atoms with van der Waals surface area (Å²) in [6, 6.07) is 7.98. The van der Waals surface area contributed by atoms with Gasteiger partial charge in [-0.25, -0.2) is 4.98 Å². The molecule has 2 aromatic rings. The van der Waals surface area contributed by atoms with Gasteiger partial charge in [0.1, 0.15) is 12.2 Å². The van der Waals surface area contributed by atoms with Gasteiger partial charge in [-0.2, -0.15) is 5.10 Å². The smallest absolute Gasteiger partial charge is 0.138 e. The van der Waals surface area contributed by atoms with Gasteiger partial charge in [-0.1, -0.05) is 28.1 Å². The number of benzene rings is 1. The molecule has 1 aromatic heterocycles. The maximum atomic E-state index is 9.49. The first-order valence-corrected chi connectivity index (χ1v) is 6.19. The predicted molar refractivity (Wildman–Crippen MR) is 68.7 cm³/mol. The van der Waals surface area contributed by atoms with E-state index in [1.54, 1.807) is 4.68 Å². The Balaban J connectivity index is 2.20. The molecule has 17 heavy (non-hydrogen) atoms. The Hall–Kier alpha value is -1.20. The summed E-state index contributed by atoms with van der Waals surface area (Å²) < 4.78 is 2.76. The Morgan fingerprint density at radius 2 is 2.29 bits per heavy atom. The van der Waals surface area contributed by atoms with Gasteiger partial charge in [0, 0.05) is 23.9 Å². The lowest BCUT2D eigenvalue weighted by atomic mass is 9.96. The fourth-order valence-corrected chi connectivity index (χ4v) is 2.19. The molecule has 0 radical (unpaired) electrons. The zero-order valence-corrected chi connectivity index (χ0v) is 11.1. The third-order valence-corrected chi connectivity index (χ3v) is 3.27. The number of aromatic nitrogens is 3. The first-order chi connectivity index (χ1) is 8.20. The van der Waals surface area contributed by atoms with E-state index in [2.05, 4.69) is 26.0 Å². The van der Waals surface area contributed by atoms with E-state index in [4.69, 9.17) is 0 Å². The quantitative estimate of drug-likeness (QED) is 0.937. The number of aryl methyl sites for hydroxylation is 1. The molecule has 0 spiro atoms. The number of halogens is 1. The van der Waals surface area contributed by atoms with Crippen molar-refractivity contribution in [1.82, 2.24) is 14.8 Å². The van der Waals surface area contributed by atoms with Gasteiger partial charge < -0.3 is 5.11 Å². The zero-order chi connectivity index (χ0) is 12.3. The highest BCUT2D eigenvalue weighted by Gasteiger charge is 2.14. The minimum atomic E-state index is 0.0513. The summed E-state index contributed by atoms with van der Waals surface area (Å²) in [7, 11) is 1.86. The van der Waals surface area contributed by atoms with Gasteiger partial charge in [-0.05, 0) is 17.7 Å². The van der Waals surface area contributed by atoms with Crippen LogP contribution in [0.15, 0.2) is 35.1 Å². The molecule has 0 saturated heterocycles. The molecule has 1 atom stereocenters. The molecule has 4 nitrogen and oxygen atoms in total. The molecular formula is C12H14BrN3O. The molecule has 0 fully saturated rings. The number of aliphatic hydroxyl groups excluding tert-OH is 1. The highest BCUT2D eigenvalue weighted by molar-refractivity contribution is 9.10. The van der Waals surface area contributed by atoms with Crippen LogP contribution in [0.4, 0.5) is 0 Å². The largest absolute Gasteiger partial charge is 0.396 e. The van der Waals surface area contributed by atoms with Crippen LogP contribution in [0.25, 0.3) is 0 Å². The maximum absolute atomic E-state index is 9.49. The molecule has 5 heteroatoms. The maximum Gasteiger partial charge on any atom is 0.138 e. The van der Waals surface area contributed by atoms with E-state index in [1.165, 1.54) is 6.33 Å². The Labute approximate surface area is 108 Å². The molecule has 1 heterocycles. The topological polar surface area (TPSA) is 50.9 Å². The summed E-state index contributed by atoms with van der Waals surface area (Å²) in [5.74, 6) is 0.930. The molecule has 1 unspecified atom stereocenters. The Morgan fingerprint density at radius 3 is 2.88 bits per heavy atom. The van der Waals surface area contributed by atoms with Crippen molar-refractivity contribution in [2.75, 3.05) is 6.61 Å². The van der Waals surface area contributed by atoms with E-state index in [0.717, 1.165) is 15.9 Å². The van der Waals surface area contributed by atoms with E-state index < -0.39 is 0 Å². The van der Waals surface area contributed by atoms with Gasteiger partial charge in [0.15, 0.2) is 0 Å². The molecule has 0 aliphatic carbocycles. The third kappa shape index (κ3) is 2.92. The second-order valence-corrected chi connectivity index (χ2v) is 4.85. The number of aliphatic hydroxyl groups is 1. The van der Waals surface area contributed by atoms with Crippen LogP contribution in [-0.4, -0.2) is 26.5 Å². The van der Waals surface area contributed by atoms with Gasteiger partial charge in [0.2, 0.25) is 0 Å². The molecule has 90 valence electrons. The van der Waals surface area contributed by atoms with Crippen LogP contribution in [0.1, 0.15) is 17.3 Å². The number of rotatable bonds is 4. The van der Waals surface area contributed by atoms with Crippen LogP contribution in [-0.2, 0) is 13.5 Å². The summed E-state index contributed by atoms with van der Waals surface area (Å²) in [6.07, 6.45) is 2.22. The van der Waals surface area contributed by atoms with Gasteiger partial charge in [-0.3, -0.25) is 4.68 Å². The lowest BCUT2D eigenvalue weighted by Gasteiger charge is -2.14. The summed E-state index contributed by atoms with van der Waals surface area (Å²) in [5, 5.41) is 13.5. The van der Waals surface area contributed by atoms with Crippen LogP contribution in [0.5, 0.6) is 0 Å². The Bertz CT molecular complexity index is 498. The molecular weight excluding hydrogens is 282 g/mol. The lowest BCUT2D eigenvalue weighted by Crippen LogP contribution is -2.11. The standard InChI is InChI=1S/C12H14BrN3O/c1-16-12(14-8-15-16)6-10(7-17)9-3-2-4-11(13)5-9/h2-5,8,10,17H,6-7H2,1H3. The molecule has 1 N–H and O–H groups in total. The minimum Gasteiger partial charge on any atom is -0.396 e. The van der Waals surface area contributed by atoms with E-state index in [9.17, 15) is 5.11 Å². The molecule has 0 bridgehead atoms. The molecule has 1 aromatic carbocycles. The van der Waals surface area contributed by atoms with Crippen molar-refractivity contribution in [2.24, 2.45) is 7.05 Å². The van der Waals surface area contributed by atoms with E-state index in [0.29, 0.717) is 6.42 Å². The lowest BCUT2D eigenvalue weighted by molar-refractivity contribution is 0.262. The fraction of sp³-hybridized carbons (Fsp3) is 0.333. The van der Waals surface area contributed by atoms with Crippen LogP contribution < -0.4 is 0 Å². The number of hydrogen-bond donors (Lipinski definition) is 1. The first-order valence-electron chi connectivity index (χ1n) is 5.40. The SMILES string of the molecule is Cn1ncnc1CC(CO)c1cccc(Br)c1. The average molecular weight is 296 g/mol. The molecule has 2 rings (SSSR count). The van der Waals surface area contributed by atoms with Crippen molar-refractivity contribution >= 4 is 15.9 Å². The van der Waals surface area contributed by atoms with E-state index in [-0.39, 0.29) is 12.5 Å². The number of nitrogens with zero attached hydrogens (tertiary/aromatic N) is 3. The first kappa shape index (κ1) is 12.3. The number of hydrogen-bond acceptors (Lipinski definition) is 3. The van der Waals surface area contributed by atoms with Gasteiger partial charge in [0.05, 0.1) is 6.61 Å². The Kier molecular flexibility index (Phi) is 3.91. The molecule has 0 saturated carbocycles. The normalized spacial score (nSPS) is 12.6. The van der Waals surface area contributed by atoms with E-state index >= 15 is 0 Å². The molecule has 0 aliphatic rings. The summed E-state index contributed by atoms with van der Waals surface area (Å²) in [4.78, 5) is 4.18. The minimum absolute atomic E-state index is 0.0513. The Morgan fingerprint density at radius 1 is 1.47 bits per heavy atom. The average Bonchev–Trinajstić information content (AvgIpc) is 2.71. The summed E-state index contributed by atoms with van der Waals surface area (Å²) >= 11 is 3.44. The van der Waals surface area contributed by atoms with Crippen molar-refractivity contribution in [1.29, 1.82) is 0 Å². The van der Waals surface area contributed by atoms with Gasteiger partial charge in [-0.15, -0.1) is 0 Å². The van der Waals surface area contributed by atoms with Crippen molar-refractivity contribution in [3.05, 3.63) is 46.5 Å². The molecule has 0 amide bonds. The van der Waals surface area contributed by atoms with Crippen LogP contribution in [0.3, 0.4) is 0 Å². The third-order valence-electron chi connectivity index (χ3n) is 2.77. The summed E-state index contributed by atoms with van der Waals surface area (Å²) in [5.41, 5.74) is 1.10. The predicted octanol–water partition coefficient (Wildman–Crippen LogP) is 1.90. The van der Waals surface area contributed by atoms with Crippen molar-refractivity contribution in [3.63, 3.8) is 0 Å². The van der Waals surface area contributed by atoms with Gasteiger partial charge >= 0.3 is 0 Å². The summed E-state index contributed by atoms with van der Waals surface area (Å²) in [6.45, 7) is 0.101. The van der Waals surface area contributed by atoms with Crippen LogP contribution in [0, 0.1) is 0 Å². The van der Waals surface area contributed by atoms with Crippen LogP contribution in [0.2, 0.25) is 0 Å². The highest BCUT2D eigenvalue weighted by atomic mass is 79.9. The highest BCUT2D eigenvalue weighted by Crippen LogP contribution is 2.22. The monoisotopic (exact) mass is 295 g/mol. The second-order valence-electron chi connectivity index (χ2n) is 3.94. The second kappa shape index (κ2) is 5.42.